The first-order valence-corrected chi connectivity index (χ1v) is 9.70. The Kier molecular flexibility index (Phi) is 11.9. The third-order valence-electron chi connectivity index (χ3n) is 4.74. The maximum atomic E-state index is 12.9. The molecule has 1 aliphatic heterocycles. The summed E-state index contributed by atoms with van der Waals surface area (Å²) in [5, 5.41) is 6.29. The van der Waals surface area contributed by atoms with Crippen LogP contribution in [-0.4, -0.2) is 46.0 Å². The first-order valence-electron chi connectivity index (χ1n) is 9.70. The van der Waals surface area contributed by atoms with E-state index in [2.05, 4.69) is 15.6 Å². The number of nitrogens with zero attached hydrogens (tertiary/aromatic N) is 1. The van der Waals surface area contributed by atoms with Gasteiger partial charge in [0.1, 0.15) is 0 Å². The zero-order valence-electron chi connectivity index (χ0n) is 16.9. The van der Waals surface area contributed by atoms with Gasteiger partial charge in [0.05, 0.1) is 11.6 Å². The molecule has 1 heterocycles. The molecule has 1 atom stereocenters. The van der Waals surface area contributed by atoms with Gasteiger partial charge in [0.25, 0.3) is 0 Å². The number of ether oxygens (including phenoxy) is 2. The van der Waals surface area contributed by atoms with E-state index in [0.29, 0.717) is 30.6 Å². The summed E-state index contributed by atoms with van der Waals surface area (Å²) in [6, 6.07) is 5.02. The van der Waals surface area contributed by atoms with Crippen molar-refractivity contribution < 1.29 is 22.6 Å². The number of aliphatic imine (C=N–C) groups is 1. The Bertz CT molecular complexity index is 623. The molecule has 1 aliphatic rings. The molecule has 0 bridgehead atoms. The fraction of sp³-hybridized carbons (Fsp3) is 0.650. The molecule has 1 fully saturated rings. The fourth-order valence-corrected chi connectivity index (χ4v) is 3.01. The van der Waals surface area contributed by atoms with Crippen LogP contribution in [0.3, 0.4) is 0 Å². The minimum atomic E-state index is -4.35. The molecule has 2 rings (SSSR count). The zero-order chi connectivity index (χ0) is 20.4. The van der Waals surface area contributed by atoms with Gasteiger partial charge in [0, 0.05) is 40.0 Å². The monoisotopic (exact) mass is 529 g/mol. The normalized spacial score (nSPS) is 16.8. The lowest BCUT2D eigenvalue weighted by molar-refractivity contribution is -0.137. The second-order valence-electron chi connectivity index (χ2n) is 6.97. The van der Waals surface area contributed by atoms with Crippen LogP contribution in [0.1, 0.15) is 43.4 Å². The molecule has 9 heteroatoms. The highest BCUT2D eigenvalue weighted by Gasteiger charge is 2.30. The van der Waals surface area contributed by atoms with Gasteiger partial charge in [-0.15, -0.1) is 24.0 Å². The van der Waals surface area contributed by atoms with Crippen LogP contribution in [0, 0.1) is 5.92 Å². The third-order valence-corrected chi connectivity index (χ3v) is 4.74. The number of alkyl halides is 3. The van der Waals surface area contributed by atoms with Crippen molar-refractivity contribution in [1.82, 2.24) is 10.6 Å². The molecule has 1 saturated heterocycles. The van der Waals surface area contributed by atoms with Gasteiger partial charge in [-0.2, -0.15) is 13.2 Å². The molecule has 0 aliphatic carbocycles. The summed E-state index contributed by atoms with van der Waals surface area (Å²) in [6.07, 6.45) is -1.41. The van der Waals surface area contributed by atoms with Gasteiger partial charge in [-0.25, -0.2) is 0 Å². The summed E-state index contributed by atoms with van der Waals surface area (Å²) in [4.78, 5) is 4.13. The maximum absolute atomic E-state index is 12.9. The standard InChI is InChI=1S/C20H30F3N3O2.HI/c1-15(17-5-3-6-18(13-17)20(21,22)23)26-19(24-2)25-9-4-10-28-14-16-7-11-27-12-8-16;/h3,5-6,13,15-16H,4,7-12,14H2,1-2H3,(H2,24,25,26);1H. The van der Waals surface area contributed by atoms with E-state index in [9.17, 15) is 13.2 Å². The summed E-state index contributed by atoms with van der Waals surface area (Å²) >= 11 is 0. The van der Waals surface area contributed by atoms with Gasteiger partial charge < -0.3 is 20.1 Å². The fourth-order valence-electron chi connectivity index (χ4n) is 3.01. The van der Waals surface area contributed by atoms with E-state index in [-0.39, 0.29) is 30.0 Å². The Hall–Kier alpha value is -1.07. The summed E-state index contributed by atoms with van der Waals surface area (Å²) < 4.78 is 49.7. The number of nitrogens with one attached hydrogen (secondary N) is 2. The topological polar surface area (TPSA) is 54.9 Å². The molecule has 2 N–H and O–H groups in total. The molecule has 0 spiro atoms. The smallest absolute Gasteiger partial charge is 0.381 e. The van der Waals surface area contributed by atoms with Gasteiger partial charge in [0.15, 0.2) is 5.96 Å². The molecule has 0 aromatic heterocycles. The largest absolute Gasteiger partial charge is 0.416 e. The lowest BCUT2D eigenvalue weighted by Gasteiger charge is -2.22. The number of guanidine groups is 1. The van der Waals surface area contributed by atoms with E-state index in [1.807, 2.05) is 0 Å². The average Bonchev–Trinajstić information content (AvgIpc) is 2.69. The van der Waals surface area contributed by atoms with Crippen molar-refractivity contribution in [1.29, 1.82) is 0 Å². The van der Waals surface area contributed by atoms with E-state index >= 15 is 0 Å². The van der Waals surface area contributed by atoms with Crippen molar-refractivity contribution in [3.8, 4) is 0 Å². The number of rotatable bonds is 8. The molecule has 0 saturated carbocycles. The van der Waals surface area contributed by atoms with Crippen LogP contribution in [0.15, 0.2) is 29.3 Å². The number of halogens is 4. The van der Waals surface area contributed by atoms with Gasteiger partial charge in [-0.1, -0.05) is 12.1 Å². The Morgan fingerprint density at radius 2 is 2.03 bits per heavy atom. The Labute approximate surface area is 187 Å². The van der Waals surface area contributed by atoms with Gasteiger partial charge in [0.2, 0.25) is 0 Å². The molecule has 1 aromatic rings. The van der Waals surface area contributed by atoms with Crippen LogP contribution < -0.4 is 10.6 Å². The van der Waals surface area contributed by atoms with Crippen LogP contribution in [0.2, 0.25) is 0 Å². The van der Waals surface area contributed by atoms with Crippen LogP contribution in [0.25, 0.3) is 0 Å². The maximum Gasteiger partial charge on any atom is 0.416 e. The summed E-state index contributed by atoms with van der Waals surface area (Å²) in [5.74, 6) is 1.14. The highest BCUT2D eigenvalue weighted by atomic mass is 127. The van der Waals surface area contributed by atoms with Crippen molar-refractivity contribution in [2.24, 2.45) is 10.9 Å². The van der Waals surface area contributed by atoms with Gasteiger partial charge >= 0.3 is 6.18 Å². The minimum absolute atomic E-state index is 0. The summed E-state index contributed by atoms with van der Waals surface area (Å²) in [7, 11) is 1.63. The molecule has 0 radical (unpaired) electrons. The molecule has 29 heavy (non-hydrogen) atoms. The number of hydrogen-bond acceptors (Lipinski definition) is 3. The minimum Gasteiger partial charge on any atom is -0.381 e. The lowest BCUT2D eigenvalue weighted by atomic mass is 10.0. The molecule has 5 nitrogen and oxygen atoms in total. The second kappa shape index (κ2) is 13.3. The Balaban J connectivity index is 0.00000420. The predicted octanol–water partition coefficient (Wildman–Crippen LogP) is 4.38. The molecule has 1 aromatic carbocycles. The Morgan fingerprint density at radius 3 is 2.69 bits per heavy atom. The van der Waals surface area contributed by atoms with Crippen molar-refractivity contribution in [2.75, 3.05) is 40.0 Å². The highest BCUT2D eigenvalue weighted by molar-refractivity contribution is 14.0. The lowest BCUT2D eigenvalue weighted by Crippen LogP contribution is -2.39. The van der Waals surface area contributed by atoms with Crippen molar-refractivity contribution in [3.05, 3.63) is 35.4 Å². The van der Waals surface area contributed by atoms with Gasteiger partial charge in [-0.05, 0) is 49.8 Å². The third kappa shape index (κ3) is 9.52. The van der Waals surface area contributed by atoms with Crippen LogP contribution in [0.4, 0.5) is 13.2 Å². The van der Waals surface area contributed by atoms with Crippen molar-refractivity contribution in [2.45, 2.75) is 38.4 Å². The van der Waals surface area contributed by atoms with Crippen molar-refractivity contribution in [3.63, 3.8) is 0 Å². The van der Waals surface area contributed by atoms with E-state index in [4.69, 9.17) is 9.47 Å². The average molecular weight is 529 g/mol. The zero-order valence-corrected chi connectivity index (χ0v) is 19.3. The Morgan fingerprint density at radius 1 is 1.31 bits per heavy atom. The first-order chi connectivity index (χ1) is 13.4. The number of hydrogen-bond donors (Lipinski definition) is 2. The SMILES string of the molecule is CN=C(NCCCOCC1CCOCC1)NC(C)c1cccc(C(F)(F)F)c1.I. The number of benzene rings is 1. The quantitative estimate of drug-likeness (QED) is 0.227. The second-order valence-corrected chi connectivity index (χ2v) is 6.97. The summed E-state index contributed by atoms with van der Waals surface area (Å²) in [5.41, 5.74) is -0.0964. The summed E-state index contributed by atoms with van der Waals surface area (Å²) in [6.45, 7) is 5.54. The first kappa shape index (κ1) is 26.0. The highest BCUT2D eigenvalue weighted by Crippen LogP contribution is 2.30. The van der Waals surface area contributed by atoms with Crippen molar-refractivity contribution >= 4 is 29.9 Å². The van der Waals surface area contributed by atoms with E-state index in [0.717, 1.165) is 51.2 Å². The van der Waals surface area contributed by atoms with Crippen LogP contribution in [0.5, 0.6) is 0 Å². The van der Waals surface area contributed by atoms with Gasteiger partial charge in [-0.3, -0.25) is 4.99 Å². The molecular weight excluding hydrogens is 498 g/mol. The molecular formula is C20H31F3IN3O2. The molecule has 166 valence electrons. The molecule has 0 amide bonds. The van der Waals surface area contributed by atoms with E-state index in [1.54, 1.807) is 20.0 Å². The van der Waals surface area contributed by atoms with Crippen LogP contribution in [-0.2, 0) is 15.7 Å². The molecule has 1 unspecified atom stereocenters. The van der Waals surface area contributed by atoms with E-state index in [1.165, 1.54) is 6.07 Å². The predicted molar refractivity (Wildman–Crippen MR) is 119 cm³/mol. The van der Waals surface area contributed by atoms with Crippen LogP contribution >= 0.6 is 24.0 Å². The van der Waals surface area contributed by atoms with E-state index < -0.39 is 11.7 Å².